The summed E-state index contributed by atoms with van der Waals surface area (Å²) in [4.78, 5) is 28.0. The molecule has 25 heavy (non-hydrogen) atoms. The number of methoxy groups -OCH3 is 1. The smallest absolute Gasteiger partial charge is 0.322 e. The van der Waals surface area contributed by atoms with Gasteiger partial charge in [-0.05, 0) is 19.9 Å². The van der Waals surface area contributed by atoms with Gasteiger partial charge in [0.1, 0.15) is 6.67 Å². The highest BCUT2D eigenvalue weighted by Gasteiger charge is 2.32. The molecule has 0 heterocycles. The average Bonchev–Trinajstić information content (AvgIpc) is 2.58. The van der Waals surface area contributed by atoms with Gasteiger partial charge in [0.05, 0.1) is 25.3 Å². The zero-order valence-corrected chi connectivity index (χ0v) is 13.8. The van der Waals surface area contributed by atoms with E-state index in [0.29, 0.717) is 6.07 Å². The van der Waals surface area contributed by atoms with Gasteiger partial charge in [-0.15, -0.1) is 0 Å². The van der Waals surface area contributed by atoms with Crippen LogP contribution in [0, 0.1) is 23.4 Å². The van der Waals surface area contributed by atoms with Crippen LogP contribution in [0.25, 0.3) is 0 Å². The summed E-state index contributed by atoms with van der Waals surface area (Å²) in [7, 11) is 0.891. The van der Waals surface area contributed by atoms with Crippen LogP contribution in [-0.4, -0.2) is 44.4 Å². The lowest BCUT2D eigenvalue weighted by atomic mass is 9.97. The largest absolute Gasteiger partial charge is 0.491 e. The third-order valence-corrected chi connectivity index (χ3v) is 3.12. The van der Waals surface area contributed by atoms with E-state index in [2.05, 4.69) is 9.73 Å². The molecule has 1 aromatic rings. The number of benzene rings is 1. The fraction of sp³-hybridized carbons (Fsp3) is 0.438. The van der Waals surface area contributed by atoms with Crippen molar-refractivity contribution in [1.82, 2.24) is 0 Å². The highest BCUT2D eigenvalue weighted by Crippen LogP contribution is 2.28. The number of rotatable bonds is 8. The number of halogens is 4. The summed E-state index contributed by atoms with van der Waals surface area (Å²) in [5.74, 6) is -9.73. The highest BCUT2D eigenvalue weighted by atomic mass is 19.2. The van der Waals surface area contributed by atoms with Gasteiger partial charge in [0.2, 0.25) is 5.82 Å². The monoisotopic (exact) mass is 363 g/mol. The topological polar surface area (TPSA) is 65.0 Å². The van der Waals surface area contributed by atoms with Gasteiger partial charge in [-0.3, -0.25) is 14.6 Å². The Labute approximate surface area is 141 Å². The fourth-order valence-corrected chi connectivity index (χ4v) is 1.85. The number of alkyl halides is 1. The van der Waals surface area contributed by atoms with Crippen molar-refractivity contribution >= 4 is 18.0 Å². The highest BCUT2D eigenvalue weighted by molar-refractivity contribution is 6.18. The van der Waals surface area contributed by atoms with Crippen molar-refractivity contribution in [3.63, 3.8) is 0 Å². The number of ketones is 1. The summed E-state index contributed by atoms with van der Waals surface area (Å²) in [5.41, 5.74) is -0.909. The average molecular weight is 363 g/mol. The van der Waals surface area contributed by atoms with Gasteiger partial charge in [-0.1, -0.05) is 0 Å². The molecule has 1 aromatic carbocycles. The molecule has 1 rings (SSSR count). The summed E-state index contributed by atoms with van der Waals surface area (Å²) in [6.07, 6.45) is 0.803. The first kappa shape index (κ1) is 20.6. The van der Waals surface area contributed by atoms with Crippen LogP contribution in [0.2, 0.25) is 0 Å². The summed E-state index contributed by atoms with van der Waals surface area (Å²) in [6.45, 7) is 1.92. The Bertz CT molecular complexity index is 679. The first-order valence-corrected chi connectivity index (χ1v) is 7.29. The van der Waals surface area contributed by atoms with Crippen LogP contribution in [0.1, 0.15) is 24.2 Å². The van der Waals surface area contributed by atoms with Crippen molar-refractivity contribution in [1.29, 1.82) is 0 Å². The minimum absolute atomic E-state index is 0.0846. The Morgan fingerprint density at radius 2 is 1.92 bits per heavy atom. The maximum Gasteiger partial charge on any atom is 0.322 e. The third-order valence-electron chi connectivity index (χ3n) is 3.12. The fourth-order valence-electron chi connectivity index (χ4n) is 1.85. The van der Waals surface area contributed by atoms with E-state index in [1.165, 1.54) is 13.8 Å². The molecule has 9 heteroatoms. The van der Waals surface area contributed by atoms with Gasteiger partial charge in [-0.2, -0.15) is 4.39 Å². The minimum Gasteiger partial charge on any atom is -0.491 e. The molecular formula is C16H17F4NO4. The minimum atomic E-state index is -1.74. The zero-order chi connectivity index (χ0) is 19.1. The molecule has 2 atom stereocenters. The van der Waals surface area contributed by atoms with E-state index in [1.54, 1.807) is 0 Å². The second kappa shape index (κ2) is 9.14. The van der Waals surface area contributed by atoms with Crippen molar-refractivity contribution in [3.8, 4) is 5.75 Å². The normalized spacial score (nSPS) is 13.6. The Morgan fingerprint density at radius 3 is 2.44 bits per heavy atom. The van der Waals surface area contributed by atoms with Crippen LogP contribution in [0.5, 0.6) is 5.75 Å². The van der Waals surface area contributed by atoms with Crippen molar-refractivity contribution in [2.75, 3.05) is 20.4 Å². The maximum absolute atomic E-state index is 14.2. The molecule has 0 amide bonds. The molecule has 0 saturated carbocycles. The van der Waals surface area contributed by atoms with E-state index in [-0.39, 0.29) is 6.61 Å². The third kappa shape index (κ3) is 4.77. The number of ether oxygens (including phenoxy) is 2. The van der Waals surface area contributed by atoms with Crippen LogP contribution in [-0.2, 0) is 9.53 Å². The van der Waals surface area contributed by atoms with E-state index >= 15 is 0 Å². The number of nitrogens with zero attached hydrogens (tertiary/aromatic N) is 1. The number of esters is 1. The SMILES string of the molecule is CCOC(=O)C(C=NC(C)CF)C(=O)c1cc(F)c(F)c(OC)c1F. The number of hydrogen-bond acceptors (Lipinski definition) is 5. The van der Waals surface area contributed by atoms with E-state index in [0.717, 1.165) is 13.3 Å². The van der Waals surface area contributed by atoms with E-state index in [1.807, 2.05) is 0 Å². The van der Waals surface area contributed by atoms with Gasteiger partial charge in [-0.25, -0.2) is 13.2 Å². The van der Waals surface area contributed by atoms with Crippen molar-refractivity contribution in [3.05, 3.63) is 29.1 Å². The number of hydrogen-bond donors (Lipinski definition) is 0. The molecule has 5 nitrogen and oxygen atoms in total. The first-order valence-electron chi connectivity index (χ1n) is 7.29. The number of Topliss-reactive ketones (excluding diaryl/α,β-unsaturated/α-hetero) is 1. The van der Waals surface area contributed by atoms with E-state index in [4.69, 9.17) is 4.74 Å². The van der Waals surface area contributed by atoms with Crippen molar-refractivity contribution < 1.29 is 36.6 Å². The molecule has 0 aliphatic rings. The number of carbonyl (C=O) groups is 2. The summed E-state index contributed by atoms with van der Waals surface area (Å²) >= 11 is 0. The van der Waals surface area contributed by atoms with Crippen LogP contribution < -0.4 is 4.74 Å². The Hall–Kier alpha value is -2.45. The molecule has 0 spiro atoms. The van der Waals surface area contributed by atoms with Gasteiger partial charge < -0.3 is 9.47 Å². The molecular weight excluding hydrogens is 346 g/mol. The van der Waals surface area contributed by atoms with E-state index in [9.17, 15) is 27.2 Å². The van der Waals surface area contributed by atoms with Crippen LogP contribution in [0.4, 0.5) is 17.6 Å². The van der Waals surface area contributed by atoms with Crippen LogP contribution >= 0.6 is 0 Å². The summed E-state index contributed by atoms with van der Waals surface area (Å²) in [5, 5.41) is 0. The van der Waals surface area contributed by atoms with Gasteiger partial charge in [0.15, 0.2) is 29.1 Å². The lowest BCUT2D eigenvalue weighted by molar-refractivity contribution is -0.143. The van der Waals surface area contributed by atoms with Gasteiger partial charge in [0.25, 0.3) is 0 Å². The second-order valence-corrected chi connectivity index (χ2v) is 4.96. The Kier molecular flexibility index (Phi) is 7.53. The quantitative estimate of drug-likeness (QED) is 0.178. The molecule has 0 aliphatic heterocycles. The lowest BCUT2D eigenvalue weighted by Gasteiger charge is -2.13. The number of carbonyl (C=O) groups excluding carboxylic acids is 2. The predicted molar refractivity (Wildman–Crippen MR) is 81.3 cm³/mol. The molecule has 0 N–H and O–H groups in total. The van der Waals surface area contributed by atoms with E-state index < -0.39 is 59.2 Å². The van der Waals surface area contributed by atoms with Gasteiger partial charge >= 0.3 is 5.97 Å². The second-order valence-electron chi connectivity index (χ2n) is 4.96. The maximum atomic E-state index is 14.2. The molecule has 0 radical (unpaired) electrons. The molecule has 0 fully saturated rings. The molecule has 0 aliphatic carbocycles. The molecule has 2 unspecified atom stereocenters. The van der Waals surface area contributed by atoms with Crippen LogP contribution in [0.3, 0.4) is 0 Å². The first-order chi connectivity index (χ1) is 11.8. The zero-order valence-electron chi connectivity index (χ0n) is 13.8. The molecule has 0 aromatic heterocycles. The van der Waals surface area contributed by atoms with Crippen molar-refractivity contribution in [2.24, 2.45) is 10.9 Å². The Morgan fingerprint density at radius 1 is 1.28 bits per heavy atom. The van der Waals surface area contributed by atoms with Gasteiger partial charge in [0, 0.05) is 6.21 Å². The number of aliphatic imine (C=N–C) groups is 1. The van der Waals surface area contributed by atoms with Crippen molar-refractivity contribution in [2.45, 2.75) is 19.9 Å². The Balaban J connectivity index is 3.36. The summed E-state index contributed by atoms with van der Waals surface area (Å²) in [6, 6.07) is -0.539. The molecule has 138 valence electrons. The predicted octanol–water partition coefficient (Wildman–Crippen LogP) is 2.90. The lowest BCUT2D eigenvalue weighted by Crippen LogP contribution is -2.29. The molecule has 0 saturated heterocycles. The standard InChI is InChI=1S/C16H17F4NO4/c1-4-25-16(23)10(7-21-8(2)6-17)14(22)9-5-11(18)13(20)15(24-3)12(9)19/h5,7-8,10H,4,6H2,1-3H3. The van der Waals surface area contributed by atoms with Crippen LogP contribution in [0.15, 0.2) is 11.1 Å². The molecule has 0 bridgehead atoms. The summed E-state index contributed by atoms with van der Waals surface area (Å²) < 4.78 is 62.9.